The van der Waals surface area contributed by atoms with Crippen molar-refractivity contribution in [3.05, 3.63) is 46.4 Å². The zero-order chi connectivity index (χ0) is 20.9. The number of ether oxygens (including phenoxy) is 1. The van der Waals surface area contributed by atoms with Crippen LogP contribution in [-0.4, -0.2) is 37.7 Å². The van der Waals surface area contributed by atoms with Crippen LogP contribution in [0.4, 0.5) is 30.2 Å². The molecule has 0 spiro atoms. The molecule has 0 aromatic heterocycles. The molecule has 0 aliphatic carbocycles. The molecule has 0 N–H and O–H groups in total. The second-order valence-electron chi connectivity index (χ2n) is 5.86. The second kappa shape index (κ2) is 9.39. The first-order chi connectivity index (χ1) is 13.1. The van der Waals surface area contributed by atoms with Crippen molar-refractivity contribution in [2.24, 2.45) is 4.99 Å². The van der Waals surface area contributed by atoms with Gasteiger partial charge in [0.1, 0.15) is 5.75 Å². The van der Waals surface area contributed by atoms with Crippen molar-refractivity contribution in [1.82, 2.24) is 4.90 Å². The van der Waals surface area contributed by atoms with E-state index in [-0.39, 0.29) is 5.75 Å². The molecule has 0 unspecified atom stereocenters. The molecule has 2 aromatic rings. The Hall–Kier alpha value is -2.12. The predicted molar refractivity (Wildman–Crippen MR) is 109 cm³/mol. The summed E-state index contributed by atoms with van der Waals surface area (Å²) in [7, 11) is 1.89. The van der Waals surface area contributed by atoms with Crippen LogP contribution < -0.4 is 9.64 Å². The van der Waals surface area contributed by atoms with E-state index in [2.05, 4.69) is 9.73 Å². The number of aliphatic imine (C=N–C) groups is 1. The Labute approximate surface area is 172 Å². The van der Waals surface area contributed by atoms with Gasteiger partial charge in [0.25, 0.3) is 0 Å². The van der Waals surface area contributed by atoms with Gasteiger partial charge in [0.05, 0.1) is 27.8 Å². The molecule has 0 amide bonds. The van der Waals surface area contributed by atoms with Gasteiger partial charge in [0.2, 0.25) is 0 Å². The summed E-state index contributed by atoms with van der Waals surface area (Å²) in [5.41, 5.74) is 1.80. The minimum Gasteiger partial charge on any atom is -0.406 e. The molecule has 0 aliphatic heterocycles. The molecule has 0 radical (unpaired) electrons. The molecular formula is C19H20Cl2F3N3O. The van der Waals surface area contributed by atoms with E-state index in [1.807, 2.05) is 30.7 Å². The van der Waals surface area contributed by atoms with E-state index in [4.69, 9.17) is 23.2 Å². The fourth-order valence-corrected chi connectivity index (χ4v) is 2.86. The summed E-state index contributed by atoms with van der Waals surface area (Å²) in [4.78, 5) is 8.05. The number of rotatable bonds is 7. The Kier molecular flexibility index (Phi) is 7.43. The minimum atomic E-state index is -4.73. The fraction of sp³-hybridized carbons (Fsp3) is 0.316. The van der Waals surface area contributed by atoms with Crippen LogP contribution in [-0.2, 0) is 0 Å². The van der Waals surface area contributed by atoms with Crippen molar-refractivity contribution >= 4 is 46.6 Å². The molecule has 4 nitrogen and oxygen atoms in total. The van der Waals surface area contributed by atoms with Crippen LogP contribution in [0.2, 0.25) is 10.0 Å². The third kappa shape index (κ3) is 5.94. The van der Waals surface area contributed by atoms with Gasteiger partial charge in [-0.3, -0.25) is 0 Å². The normalized spacial score (nSPS) is 11.7. The third-order valence-corrected chi connectivity index (χ3v) is 4.50. The summed E-state index contributed by atoms with van der Waals surface area (Å²) in [5, 5.41) is 0.837. The maximum atomic E-state index is 12.3. The van der Waals surface area contributed by atoms with Gasteiger partial charge in [-0.25, -0.2) is 4.99 Å². The zero-order valence-corrected chi connectivity index (χ0v) is 17.1. The van der Waals surface area contributed by atoms with Crippen LogP contribution in [0.5, 0.6) is 5.75 Å². The van der Waals surface area contributed by atoms with Gasteiger partial charge in [-0.05, 0) is 50.2 Å². The molecule has 0 aliphatic rings. The van der Waals surface area contributed by atoms with E-state index in [1.165, 1.54) is 24.3 Å². The van der Waals surface area contributed by atoms with E-state index in [9.17, 15) is 13.2 Å². The van der Waals surface area contributed by atoms with Crippen molar-refractivity contribution < 1.29 is 17.9 Å². The van der Waals surface area contributed by atoms with Crippen LogP contribution in [0.3, 0.4) is 0 Å². The van der Waals surface area contributed by atoms with Crippen molar-refractivity contribution in [1.29, 1.82) is 0 Å². The Morgan fingerprint density at radius 3 is 2.21 bits per heavy atom. The lowest BCUT2D eigenvalue weighted by molar-refractivity contribution is -0.274. The Morgan fingerprint density at radius 2 is 1.68 bits per heavy atom. The molecule has 0 fully saturated rings. The van der Waals surface area contributed by atoms with Gasteiger partial charge in [-0.15, -0.1) is 13.2 Å². The highest BCUT2D eigenvalue weighted by Crippen LogP contribution is 2.39. The van der Waals surface area contributed by atoms with Gasteiger partial charge in [0.15, 0.2) is 0 Å². The van der Waals surface area contributed by atoms with Gasteiger partial charge >= 0.3 is 6.36 Å². The highest BCUT2D eigenvalue weighted by molar-refractivity contribution is 6.37. The number of nitrogens with zero attached hydrogens (tertiary/aromatic N) is 3. The maximum absolute atomic E-state index is 12.3. The largest absolute Gasteiger partial charge is 0.573 e. The molecule has 0 heterocycles. The van der Waals surface area contributed by atoms with Gasteiger partial charge in [-0.1, -0.05) is 23.2 Å². The van der Waals surface area contributed by atoms with Crippen LogP contribution in [0, 0.1) is 0 Å². The zero-order valence-electron chi connectivity index (χ0n) is 15.6. The molecule has 0 saturated heterocycles. The standard InChI is InChI=1S/C19H20Cl2F3N3O/c1-4-26(3)12-25-17-10-16(21)18(11-15(17)20)27(5-2)13-6-8-14(9-7-13)28-19(22,23)24/h6-12H,4-5H2,1-3H3. The smallest absolute Gasteiger partial charge is 0.406 e. The first kappa shape index (κ1) is 22.2. The highest BCUT2D eigenvalue weighted by Gasteiger charge is 2.31. The van der Waals surface area contributed by atoms with Crippen molar-refractivity contribution in [2.45, 2.75) is 20.2 Å². The molecule has 0 atom stereocenters. The van der Waals surface area contributed by atoms with E-state index in [0.717, 1.165) is 6.54 Å². The maximum Gasteiger partial charge on any atom is 0.573 e. The summed E-state index contributed by atoms with van der Waals surface area (Å²) < 4.78 is 40.9. The predicted octanol–water partition coefficient (Wildman–Crippen LogP) is 6.66. The van der Waals surface area contributed by atoms with E-state index in [1.54, 1.807) is 18.5 Å². The van der Waals surface area contributed by atoms with E-state index in [0.29, 0.717) is 33.7 Å². The number of halogens is 5. The van der Waals surface area contributed by atoms with Crippen molar-refractivity contribution in [3.63, 3.8) is 0 Å². The molecule has 152 valence electrons. The Balaban J connectivity index is 2.31. The minimum absolute atomic E-state index is 0.291. The number of benzene rings is 2. The average Bonchev–Trinajstić information content (AvgIpc) is 2.63. The van der Waals surface area contributed by atoms with Gasteiger partial charge < -0.3 is 14.5 Å². The second-order valence-corrected chi connectivity index (χ2v) is 6.67. The molecular weight excluding hydrogens is 414 g/mol. The number of hydrogen-bond acceptors (Lipinski definition) is 3. The third-order valence-electron chi connectivity index (χ3n) is 3.90. The first-order valence-electron chi connectivity index (χ1n) is 8.51. The number of anilines is 2. The summed E-state index contributed by atoms with van der Waals surface area (Å²) in [6.07, 6.45) is -3.07. The fourth-order valence-electron chi connectivity index (χ4n) is 2.39. The molecule has 2 aromatic carbocycles. The van der Waals surface area contributed by atoms with E-state index < -0.39 is 6.36 Å². The van der Waals surface area contributed by atoms with Crippen LogP contribution in [0.15, 0.2) is 41.4 Å². The summed E-state index contributed by atoms with van der Waals surface area (Å²) >= 11 is 12.8. The van der Waals surface area contributed by atoms with Crippen LogP contribution >= 0.6 is 23.2 Å². The summed E-state index contributed by atoms with van der Waals surface area (Å²) in [6.45, 7) is 5.21. The van der Waals surface area contributed by atoms with Crippen molar-refractivity contribution in [2.75, 3.05) is 25.0 Å². The van der Waals surface area contributed by atoms with Crippen LogP contribution in [0.25, 0.3) is 0 Å². The molecule has 0 saturated carbocycles. The number of alkyl halides is 3. The Morgan fingerprint density at radius 1 is 1.04 bits per heavy atom. The quantitative estimate of drug-likeness (QED) is 0.360. The molecule has 9 heteroatoms. The Bertz CT molecular complexity index is 826. The lowest BCUT2D eigenvalue weighted by Crippen LogP contribution is -2.18. The lowest BCUT2D eigenvalue weighted by Gasteiger charge is -2.25. The van der Waals surface area contributed by atoms with Crippen molar-refractivity contribution in [3.8, 4) is 5.75 Å². The molecule has 28 heavy (non-hydrogen) atoms. The highest BCUT2D eigenvalue weighted by atomic mass is 35.5. The monoisotopic (exact) mass is 433 g/mol. The average molecular weight is 434 g/mol. The lowest BCUT2D eigenvalue weighted by atomic mass is 10.2. The molecule has 0 bridgehead atoms. The first-order valence-corrected chi connectivity index (χ1v) is 9.27. The SMILES string of the molecule is CCN(C)C=Nc1cc(Cl)c(N(CC)c2ccc(OC(F)(F)F)cc2)cc1Cl. The number of hydrogen-bond donors (Lipinski definition) is 0. The summed E-state index contributed by atoms with van der Waals surface area (Å²) in [6, 6.07) is 8.89. The van der Waals surface area contributed by atoms with Gasteiger partial charge in [-0.2, -0.15) is 0 Å². The van der Waals surface area contributed by atoms with Gasteiger partial charge in [0, 0.05) is 25.8 Å². The van der Waals surface area contributed by atoms with E-state index >= 15 is 0 Å². The van der Waals surface area contributed by atoms with Crippen LogP contribution in [0.1, 0.15) is 13.8 Å². The summed E-state index contributed by atoms with van der Waals surface area (Å²) in [5.74, 6) is -0.291. The molecule has 2 rings (SSSR count). The topological polar surface area (TPSA) is 28.1 Å².